The molecule has 2 N–H and O–H groups in total. The van der Waals surface area contributed by atoms with Crippen molar-refractivity contribution in [3.8, 4) is 0 Å². The summed E-state index contributed by atoms with van der Waals surface area (Å²) in [6, 6.07) is 16.7. The molecule has 3 rings (SSSR count). The molecule has 8 heteroatoms. The van der Waals surface area contributed by atoms with Gasteiger partial charge in [0.15, 0.2) is 11.7 Å². The topological polar surface area (TPSA) is 67.2 Å². The second kappa shape index (κ2) is 10.4. The lowest BCUT2D eigenvalue weighted by Gasteiger charge is -2.25. The highest BCUT2D eigenvalue weighted by atomic mass is 35.6. The predicted octanol–water partition coefficient (Wildman–Crippen LogP) is 5.79. The molecule has 0 aliphatic heterocycles. The number of carbonyl (C=O) groups excluding carboxylic acids is 1. The van der Waals surface area contributed by atoms with Crippen LogP contribution in [0.1, 0.15) is 19.4 Å². The maximum Gasteiger partial charge on any atom is 0.297 e. The molecule has 148 valence electrons. The van der Waals surface area contributed by atoms with Crippen LogP contribution in [0.5, 0.6) is 0 Å². The Kier molecular flexibility index (Phi) is 8.18. The third-order valence-corrected chi connectivity index (χ3v) is 4.06. The molecule has 0 aliphatic rings. The molecular weight excluding hydrogens is 421 g/mol. The molecule has 0 radical (unpaired) electrons. The van der Waals surface area contributed by atoms with E-state index in [1.165, 1.54) is 6.08 Å². The van der Waals surface area contributed by atoms with Gasteiger partial charge in [-0.25, -0.2) is 0 Å². The van der Waals surface area contributed by atoms with Crippen molar-refractivity contribution in [1.82, 2.24) is 10.3 Å². The fraction of sp³-hybridized carbons (Fsp3) is 0.200. The van der Waals surface area contributed by atoms with Gasteiger partial charge < -0.3 is 15.1 Å². The summed E-state index contributed by atoms with van der Waals surface area (Å²) in [6.07, 6.45) is 1.96. The van der Waals surface area contributed by atoms with Crippen molar-refractivity contribution in [2.45, 2.75) is 23.8 Å². The molecule has 1 unspecified atom stereocenters. The predicted molar refractivity (Wildman–Crippen MR) is 117 cm³/mol. The third-order valence-electron chi connectivity index (χ3n) is 3.40. The second-order valence-electron chi connectivity index (χ2n) is 5.36. The first kappa shape index (κ1) is 22.1. The number of rotatable bonds is 5. The van der Waals surface area contributed by atoms with Crippen LogP contribution in [-0.4, -0.2) is 20.8 Å². The van der Waals surface area contributed by atoms with E-state index in [0.717, 1.165) is 5.56 Å². The smallest absolute Gasteiger partial charge is 0.297 e. The number of para-hydroxylation sites is 2. The summed E-state index contributed by atoms with van der Waals surface area (Å²) in [5.41, 5.74) is 2.10. The molecule has 1 heterocycles. The molecular formula is C20H20Cl3N3O2. The molecule has 0 aliphatic carbocycles. The standard InChI is InChI=1S/C18H14Cl3N3O2.C2H6/c19-18(20,21)16(23-15(25)11-10-12-6-2-1-3-7-12)24-17-22-13-8-4-5-9-14(13)26-17;1-2/h1-11,16H,(H,22,24)(H,23,25);1-2H3/b11-10+;. The van der Waals surface area contributed by atoms with Gasteiger partial charge in [0.05, 0.1) is 0 Å². The van der Waals surface area contributed by atoms with Crippen molar-refractivity contribution in [1.29, 1.82) is 0 Å². The third kappa shape index (κ3) is 6.44. The van der Waals surface area contributed by atoms with Gasteiger partial charge in [0, 0.05) is 6.08 Å². The highest BCUT2D eigenvalue weighted by Crippen LogP contribution is 2.31. The Labute approximate surface area is 178 Å². The number of fused-ring (bicyclic) bond motifs is 1. The van der Waals surface area contributed by atoms with E-state index < -0.39 is 15.9 Å². The Hall–Kier alpha value is -2.21. The first-order valence-corrected chi connectivity index (χ1v) is 9.78. The van der Waals surface area contributed by atoms with E-state index in [1.54, 1.807) is 18.2 Å². The summed E-state index contributed by atoms with van der Waals surface area (Å²) < 4.78 is 3.71. The summed E-state index contributed by atoms with van der Waals surface area (Å²) >= 11 is 17.9. The number of benzene rings is 2. The van der Waals surface area contributed by atoms with E-state index >= 15 is 0 Å². The number of hydrogen-bond donors (Lipinski definition) is 2. The molecule has 3 aromatic rings. The minimum absolute atomic E-state index is 0.134. The van der Waals surface area contributed by atoms with Crippen LogP contribution in [0.15, 0.2) is 65.1 Å². The average Bonchev–Trinajstić information content (AvgIpc) is 3.10. The number of nitrogens with zero attached hydrogens (tertiary/aromatic N) is 1. The number of oxazole rings is 1. The van der Waals surface area contributed by atoms with Crippen LogP contribution in [0.25, 0.3) is 17.2 Å². The van der Waals surface area contributed by atoms with Gasteiger partial charge in [0.25, 0.3) is 6.01 Å². The zero-order chi connectivity index (χ0) is 20.6. The van der Waals surface area contributed by atoms with Crippen LogP contribution in [-0.2, 0) is 4.79 Å². The summed E-state index contributed by atoms with van der Waals surface area (Å²) in [7, 11) is 0. The molecule has 0 saturated heterocycles. The maximum absolute atomic E-state index is 12.2. The van der Waals surface area contributed by atoms with E-state index in [9.17, 15) is 4.79 Å². The first-order chi connectivity index (χ1) is 13.4. The van der Waals surface area contributed by atoms with Crippen molar-refractivity contribution in [2.24, 2.45) is 0 Å². The SMILES string of the molecule is CC.O=C(/C=C/c1ccccc1)NC(Nc1nc2ccccc2o1)C(Cl)(Cl)Cl. The lowest BCUT2D eigenvalue weighted by atomic mass is 10.2. The fourth-order valence-corrected chi connectivity index (χ4v) is 2.51. The monoisotopic (exact) mass is 439 g/mol. The number of carbonyl (C=O) groups is 1. The zero-order valence-corrected chi connectivity index (χ0v) is 17.6. The van der Waals surface area contributed by atoms with Crippen LogP contribution in [0.3, 0.4) is 0 Å². The minimum atomic E-state index is -1.82. The van der Waals surface area contributed by atoms with E-state index in [2.05, 4.69) is 15.6 Å². The van der Waals surface area contributed by atoms with Gasteiger partial charge in [-0.05, 0) is 23.8 Å². The van der Waals surface area contributed by atoms with Gasteiger partial charge >= 0.3 is 0 Å². The van der Waals surface area contributed by atoms with E-state index in [0.29, 0.717) is 11.1 Å². The normalized spacial score (nSPS) is 12.3. The van der Waals surface area contributed by atoms with Crippen LogP contribution in [0.2, 0.25) is 0 Å². The number of halogens is 3. The largest absolute Gasteiger partial charge is 0.424 e. The summed E-state index contributed by atoms with van der Waals surface area (Å²) in [5, 5.41) is 5.39. The molecule has 28 heavy (non-hydrogen) atoms. The van der Waals surface area contributed by atoms with Crippen molar-refractivity contribution in [3.05, 3.63) is 66.2 Å². The quantitative estimate of drug-likeness (QED) is 0.299. The van der Waals surface area contributed by atoms with Gasteiger partial charge in [-0.2, -0.15) is 4.98 Å². The number of aromatic nitrogens is 1. The highest BCUT2D eigenvalue weighted by Gasteiger charge is 2.34. The van der Waals surface area contributed by atoms with Crippen LogP contribution in [0.4, 0.5) is 6.01 Å². The van der Waals surface area contributed by atoms with E-state index in [4.69, 9.17) is 39.2 Å². The fourth-order valence-electron chi connectivity index (χ4n) is 2.18. The Morgan fingerprint density at radius 2 is 1.71 bits per heavy atom. The Morgan fingerprint density at radius 3 is 2.36 bits per heavy atom. The lowest BCUT2D eigenvalue weighted by Crippen LogP contribution is -2.48. The molecule has 2 aromatic carbocycles. The minimum Gasteiger partial charge on any atom is -0.424 e. The molecule has 1 aromatic heterocycles. The Morgan fingerprint density at radius 1 is 1.07 bits per heavy atom. The molecule has 1 atom stereocenters. The van der Waals surface area contributed by atoms with Crippen molar-refractivity contribution < 1.29 is 9.21 Å². The molecule has 1 amide bonds. The van der Waals surface area contributed by atoms with Gasteiger partial charge in [-0.1, -0.05) is 91.1 Å². The van der Waals surface area contributed by atoms with E-state index in [1.807, 2.05) is 56.3 Å². The molecule has 0 bridgehead atoms. The van der Waals surface area contributed by atoms with Crippen LogP contribution >= 0.6 is 34.8 Å². The Balaban J connectivity index is 0.00000136. The summed E-state index contributed by atoms with van der Waals surface area (Å²) in [4.78, 5) is 16.4. The molecule has 0 fully saturated rings. The van der Waals surface area contributed by atoms with Gasteiger partial charge in [0.2, 0.25) is 9.70 Å². The number of anilines is 1. The van der Waals surface area contributed by atoms with Crippen molar-refractivity contribution in [2.75, 3.05) is 5.32 Å². The number of alkyl halides is 3. The summed E-state index contributed by atoms with van der Waals surface area (Å²) in [5.74, 6) is -0.436. The van der Waals surface area contributed by atoms with E-state index in [-0.39, 0.29) is 6.01 Å². The van der Waals surface area contributed by atoms with Crippen molar-refractivity contribution >= 4 is 63.9 Å². The molecule has 0 saturated carbocycles. The Bertz CT molecular complexity index is 888. The zero-order valence-electron chi connectivity index (χ0n) is 15.3. The average molecular weight is 441 g/mol. The summed E-state index contributed by atoms with van der Waals surface area (Å²) in [6.45, 7) is 4.00. The lowest BCUT2D eigenvalue weighted by molar-refractivity contribution is -0.116. The van der Waals surface area contributed by atoms with Crippen molar-refractivity contribution in [3.63, 3.8) is 0 Å². The molecule has 5 nitrogen and oxygen atoms in total. The highest BCUT2D eigenvalue weighted by molar-refractivity contribution is 6.68. The van der Waals surface area contributed by atoms with Crippen LogP contribution < -0.4 is 10.6 Å². The molecule has 0 spiro atoms. The van der Waals surface area contributed by atoms with Gasteiger partial charge in [-0.15, -0.1) is 0 Å². The first-order valence-electron chi connectivity index (χ1n) is 8.64. The number of hydrogen-bond acceptors (Lipinski definition) is 4. The van der Waals surface area contributed by atoms with Gasteiger partial charge in [-0.3, -0.25) is 4.79 Å². The van der Waals surface area contributed by atoms with Crippen LogP contribution in [0, 0.1) is 0 Å². The number of nitrogens with one attached hydrogen (secondary N) is 2. The number of amides is 1. The maximum atomic E-state index is 12.2. The second-order valence-corrected chi connectivity index (χ2v) is 7.73. The van der Waals surface area contributed by atoms with Gasteiger partial charge in [0.1, 0.15) is 5.52 Å².